The number of rotatable bonds is 8. The van der Waals surface area contributed by atoms with Gasteiger partial charge in [-0.15, -0.1) is 0 Å². The van der Waals surface area contributed by atoms with E-state index in [-0.39, 0.29) is 16.5 Å². The predicted molar refractivity (Wildman–Crippen MR) is 89.0 cm³/mol. The summed E-state index contributed by atoms with van der Waals surface area (Å²) in [5.41, 5.74) is 2.80. The summed E-state index contributed by atoms with van der Waals surface area (Å²) >= 11 is 0. The highest BCUT2D eigenvalue weighted by Crippen LogP contribution is 2.15. The summed E-state index contributed by atoms with van der Waals surface area (Å²) < 4.78 is 26.1. The van der Waals surface area contributed by atoms with Gasteiger partial charge in [-0.2, -0.15) is 5.10 Å². The van der Waals surface area contributed by atoms with Crippen molar-refractivity contribution in [2.75, 3.05) is 6.54 Å². The first kappa shape index (κ1) is 19.7. The number of carbonyl (C=O) groups excluding carboxylic acids is 1. The minimum atomic E-state index is -3.94. The van der Waals surface area contributed by atoms with Gasteiger partial charge in [0.05, 0.1) is 16.4 Å². The molecule has 2 N–H and O–H groups in total. The lowest BCUT2D eigenvalue weighted by atomic mass is 10.1. The summed E-state index contributed by atoms with van der Waals surface area (Å²) in [5, 5.41) is 14.5. The summed E-state index contributed by atoms with van der Waals surface area (Å²) in [7, 11) is -3.94. The van der Waals surface area contributed by atoms with Crippen molar-refractivity contribution in [3.63, 3.8) is 0 Å². The normalized spacial score (nSPS) is 13.4. The molecule has 0 aliphatic carbocycles. The maximum absolute atomic E-state index is 12.0. The molecule has 0 fully saturated rings. The van der Waals surface area contributed by atoms with Gasteiger partial charge in [0.25, 0.3) is 11.6 Å². The van der Waals surface area contributed by atoms with Crippen molar-refractivity contribution in [3.05, 3.63) is 34.4 Å². The van der Waals surface area contributed by atoms with Crippen molar-refractivity contribution < 1.29 is 18.1 Å². The van der Waals surface area contributed by atoms with Crippen LogP contribution in [0.4, 0.5) is 5.69 Å². The zero-order valence-electron chi connectivity index (χ0n) is 13.6. The van der Waals surface area contributed by atoms with E-state index in [1.54, 1.807) is 6.92 Å². The van der Waals surface area contributed by atoms with E-state index in [1.807, 2.05) is 13.8 Å². The summed E-state index contributed by atoms with van der Waals surface area (Å²) in [6, 6.07) is 4.36. The molecule has 0 spiro atoms. The second-order valence-electron chi connectivity index (χ2n) is 5.17. The monoisotopic (exact) mass is 356 g/mol. The molecule has 10 heteroatoms. The summed E-state index contributed by atoms with van der Waals surface area (Å²) in [6.45, 7) is 5.23. The Kier molecular flexibility index (Phi) is 6.98. The lowest BCUT2D eigenvalue weighted by Gasteiger charge is -2.09. The zero-order chi connectivity index (χ0) is 18.3. The number of nitro groups is 1. The Hall–Kier alpha value is -2.33. The van der Waals surface area contributed by atoms with E-state index in [9.17, 15) is 23.3 Å². The Bertz CT molecular complexity index is 728. The number of nitrogens with zero attached hydrogens (tertiary/aromatic N) is 2. The number of hydrogen-bond donors (Lipinski definition) is 2. The molecular formula is C14H20N4O5S. The number of carbonyl (C=O) groups is 1. The van der Waals surface area contributed by atoms with Crippen LogP contribution in [-0.4, -0.2) is 31.5 Å². The number of nitrogens with one attached hydrogen (secondary N) is 2. The number of nitro benzene ring substituents is 1. The van der Waals surface area contributed by atoms with Gasteiger partial charge in [-0.05, 0) is 31.4 Å². The van der Waals surface area contributed by atoms with E-state index in [1.165, 1.54) is 0 Å². The standard InChI is InChI=1S/C14H20N4O5S/c1-4-10(2)11(3)16-17-14(19)9-15-24(22,23)13-7-5-12(6-8-13)18(20)21/h5-8,10,15H,4,9H2,1-3H3,(H,17,19)/b16-11+. The summed E-state index contributed by atoms with van der Waals surface area (Å²) in [4.78, 5) is 21.4. The van der Waals surface area contributed by atoms with Gasteiger partial charge in [0.2, 0.25) is 10.0 Å². The van der Waals surface area contributed by atoms with Crippen LogP contribution < -0.4 is 10.1 Å². The highest BCUT2D eigenvalue weighted by molar-refractivity contribution is 7.89. The fourth-order valence-corrected chi connectivity index (χ4v) is 2.57. The lowest BCUT2D eigenvalue weighted by molar-refractivity contribution is -0.384. The maximum Gasteiger partial charge on any atom is 0.269 e. The molecule has 0 saturated carbocycles. The zero-order valence-corrected chi connectivity index (χ0v) is 14.5. The number of hydrazone groups is 1. The van der Waals surface area contributed by atoms with E-state index in [0.717, 1.165) is 36.4 Å². The average Bonchev–Trinajstić information content (AvgIpc) is 2.57. The molecule has 1 unspecified atom stereocenters. The molecular weight excluding hydrogens is 336 g/mol. The molecule has 0 aromatic heterocycles. The van der Waals surface area contributed by atoms with Gasteiger partial charge in [0, 0.05) is 17.8 Å². The molecule has 0 radical (unpaired) electrons. The Morgan fingerprint density at radius 1 is 1.33 bits per heavy atom. The van der Waals surface area contributed by atoms with Gasteiger partial charge in [-0.3, -0.25) is 14.9 Å². The van der Waals surface area contributed by atoms with Gasteiger partial charge in [0.15, 0.2) is 0 Å². The van der Waals surface area contributed by atoms with Crippen LogP contribution in [0.5, 0.6) is 0 Å². The van der Waals surface area contributed by atoms with Crippen molar-refractivity contribution in [3.8, 4) is 0 Å². The second-order valence-corrected chi connectivity index (χ2v) is 6.94. The van der Waals surface area contributed by atoms with E-state index < -0.39 is 27.4 Å². The van der Waals surface area contributed by atoms with Crippen LogP contribution in [0.3, 0.4) is 0 Å². The van der Waals surface area contributed by atoms with Crippen molar-refractivity contribution in [2.45, 2.75) is 32.1 Å². The topological polar surface area (TPSA) is 131 Å². The Labute approximate surface area is 140 Å². The van der Waals surface area contributed by atoms with Crippen molar-refractivity contribution in [2.24, 2.45) is 11.0 Å². The van der Waals surface area contributed by atoms with E-state index in [4.69, 9.17) is 0 Å². The van der Waals surface area contributed by atoms with Crippen LogP contribution in [-0.2, 0) is 14.8 Å². The molecule has 0 aliphatic rings. The van der Waals surface area contributed by atoms with Crippen LogP contribution in [0.1, 0.15) is 27.2 Å². The third kappa shape index (κ3) is 5.70. The molecule has 1 amide bonds. The minimum Gasteiger partial charge on any atom is -0.272 e. The van der Waals surface area contributed by atoms with Crippen LogP contribution in [0.25, 0.3) is 0 Å². The summed E-state index contributed by atoms with van der Waals surface area (Å²) in [5.74, 6) is -0.398. The number of benzene rings is 1. The van der Waals surface area contributed by atoms with E-state index in [2.05, 4.69) is 15.2 Å². The quantitative estimate of drug-likeness (QED) is 0.413. The van der Waals surface area contributed by atoms with Crippen LogP contribution in [0.15, 0.2) is 34.3 Å². The highest BCUT2D eigenvalue weighted by atomic mass is 32.2. The molecule has 132 valence electrons. The van der Waals surface area contributed by atoms with Gasteiger partial charge < -0.3 is 0 Å². The maximum atomic E-state index is 12.0. The highest BCUT2D eigenvalue weighted by Gasteiger charge is 2.17. The Morgan fingerprint density at radius 3 is 2.42 bits per heavy atom. The first-order valence-corrected chi connectivity index (χ1v) is 8.72. The van der Waals surface area contributed by atoms with Crippen molar-refractivity contribution in [1.82, 2.24) is 10.1 Å². The first-order chi connectivity index (χ1) is 11.2. The predicted octanol–water partition coefficient (Wildman–Crippen LogP) is 1.41. The molecule has 9 nitrogen and oxygen atoms in total. The molecule has 24 heavy (non-hydrogen) atoms. The van der Waals surface area contributed by atoms with E-state index >= 15 is 0 Å². The molecule has 1 aromatic rings. The van der Waals surface area contributed by atoms with Crippen molar-refractivity contribution >= 4 is 27.3 Å². The fourth-order valence-electron chi connectivity index (χ4n) is 1.59. The van der Waals surface area contributed by atoms with Crippen molar-refractivity contribution in [1.29, 1.82) is 0 Å². The molecule has 1 aromatic carbocycles. The van der Waals surface area contributed by atoms with Crippen LogP contribution in [0, 0.1) is 16.0 Å². The summed E-state index contributed by atoms with van der Waals surface area (Å²) in [6.07, 6.45) is 0.873. The Morgan fingerprint density at radius 2 is 1.92 bits per heavy atom. The molecule has 0 saturated heterocycles. The number of sulfonamides is 1. The smallest absolute Gasteiger partial charge is 0.269 e. The SMILES string of the molecule is CCC(C)/C(C)=N/NC(=O)CNS(=O)(=O)c1ccc([N+](=O)[O-])cc1. The molecule has 1 atom stereocenters. The minimum absolute atomic E-state index is 0.166. The van der Waals surface area contributed by atoms with Gasteiger partial charge >= 0.3 is 0 Å². The van der Waals surface area contributed by atoms with Gasteiger partial charge in [-0.25, -0.2) is 18.6 Å². The van der Waals surface area contributed by atoms with Crippen LogP contribution >= 0.6 is 0 Å². The third-order valence-corrected chi connectivity index (χ3v) is 4.88. The average molecular weight is 356 g/mol. The second kappa shape index (κ2) is 8.50. The number of non-ortho nitro benzene ring substituents is 1. The fraction of sp³-hybridized carbons (Fsp3) is 0.429. The number of hydrogen-bond acceptors (Lipinski definition) is 6. The number of amides is 1. The molecule has 1 rings (SSSR count). The van der Waals surface area contributed by atoms with Gasteiger partial charge in [-0.1, -0.05) is 13.8 Å². The molecule has 0 heterocycles. The van der Waals surface area contributed by atoms with E-state index in [0.29, 0.717) is 0 Å². The largest absolute Gasteiger partial charge is 0.272 e. The first-order valence-electron chi connectivity index (χ1n) is 7.24. The van der Waals surface area contributed by atoms with Crippen LogP contribution in [0.2, 0.25) is 0 Å². The lowest BCUT2D eigenvalue weighted by Crippen LogP contribution is -2.35. The Balaban J connectivity index is 2.65. The third-order valence-electron chi connectivity index (χ3n) is 3.46. The van der Waals surface area contributed by atoms with Gasteiger partial charge in [0.1, 0.15) is 0 Å². The molecule has 0 aliphatic heterocycles. The molecule has 0 bridgehead atoms.